The molecule has 0 heterocycles. The molecule has 10 heteroatoms. The highest BCUT2D eigenvalue weighted by atomic mass is 35.5. The average molecular weight is 529 g/mol. The number of hydrogen-bond acceptors (Lipinski definition) is 4. The molecule has 0 aliphatic heterocycles. The van der Waals surface area contributed by atoms with Crippen LogP contribution in [0, 0.1) is 6.92 Å². The molecular formula is C24H31Cl2N3O4S. The predicted molar refractivity (Wildman–Crippen MR) is 138 cm³/mol. The van der Waals surface area contributed by atoms with Gasteiger partial charge in [-0.05, 0) is 64.4 Å². The summed E-state index contributed by atoms with van der Waals surface area (Å²) >= 11 is 12.3. The van der Waals surface area contributed by atoms with Crippen LogP contribution in [0.15, 0.2) is 42.5 Å². The van der Waals surface area contributed by atoms with Crippen molar-refractivity contribution in [2.75, 3.05) is 17.1 Å². The molecule has 0 bridgehead atoms. The quantitative estimate of drug-likeness (QED) is 0.551. The molecule has 186 valence electrons. The van der Waals surface area contributed by atoms with Crippen molar-refractivity contribution in [1.82, 2.24) is 10.2 Å². The lowest BCUT2D eigenvalue weighted by atomic mass is 10.1. The normalized spacial score (nSPS) is 12.7. The zero-order chi connectivity index (χ0) is 25.8. The number of anilines is 1. The monoisotopic (exact) mass is 527 g/mol. The highest BCUT2D eigenvalue weighted by molar-refractivity contribution is 7.92. The van der Waals surface area contributed by atoms with Crippen LogP contribution >= 0.6 is 23.2 Å². The molecule has 2 amide bonds. The van der Waals surface area contributed by atoms with E-state index < -0.39 is 34.1 Å². The maximum Gasteiger partial charge on any atom is 0.244 e. The molecule has 0 unspecified atom stereocenters. The minimum atomic E-state index is -3.78. The van der Waals surface area contributed by atoms with E-state index in [0.717, 1.165) is 16.1 Å². The van der Waals surface area contributed by atoms with E-state index in [1.165, 1.54) is 4.90 Å². The Kier molecular flexibility index (Phi) is 9.02. The fourth-order valence-corrected chi connectivity index (χ4v) is 4.53. The Morgan fingerprint density at radius 3 is 2.15 bits per heavy atom. The summed E-state index contributed by atoms with van der Waals surface area (Å²) in [6, 6.07) is 10.8. The summed E-state index contributed by atoms with van der Waals surface area (Å²) in [6.07, 6.45) is 1.04. The Bertz CT molecular complexity index is 1150. The second kappa shape index (κ2) is 11.0. The third-order valence-electron chi connectivity index (χ3n) is 5.02. The lowest BCUT2D eigenvalue weighted by Crippen LogP contribution is -2.54. The molecule has 34 heavy (non-hydrogen) atoms. The van der Waals surface area contributed by atoms with Crippen LogP contribution in [0.2, 0.25) is 10.0 Å². The molecule has 2 aromatic rings. The van der Waals surface area contributed by atoms with Crippen molar-refractivity contribution < 1.29 is 18.0 Å². The van der Waals surface area contributed by atoms with Gasteiger partial charge < -0.3 is 10.2 Å². The van der Waals surface area contributed by atoms with E-state index in [1.54, 1.807) is 49.4 Å². The van der Waals surface area contributed by atoms with Crippen LogP contribution in [0.25, 0.3) is 0 Å². The Labute approximate surface area is 212 Å². The first-order valence-electron chi connectivity index (χ1n) is 10.7. The van der Waals surface area contributed by atoms with Gasteiger partial charge in [0.2, 0.25) is 21.8 Å². The lowest BCUT2D eigenvalue weighted by molar-refractivity contribution is -0.140. The number of benzene rings is 2. The van der Waals surface area contributed by atoms with Gasteiger partial charge in [-0.2, -0.15) is 0 Å². The van der Waals surface area contributed by atoms with E-state index in [9.17, 15) is 18.0 Å². The average Bonchev–Trinajstić information content (AvgIpc) is 2.69. The Balaban J connectivity index is 2.43. The van der Waals surface area contributed by atoms with Crippen LogP contribution in [0.5, 0.6) is 0 Å². The number of rotatable bonds is 8. The van der Waals surface area contributed by atoms with Gasteiger partial charge in [-0.25, -0.2) is 8.42 Å². The maximum absolute atomic E-state index is 13.5. The topological polar surface area (TPSA) is 86.8 Å². The second-order valence-electron chi connectivity index (χ2n) is 9.28. The van der Waals surface area contributed by atoms with Gasteiger partial charge in [0.1, 0.15) is 12.6 Å². The summed E-state index contributed by atoms with van der Waals surface area (Å²) in [5.74, 6) is -0.916. The predicted octanol–water partition coefficient (Wildman–Crippen LogP) is 4.40. The number of sulfonamides is 1. The van der Waals surface area contributed by atoms with Crippen LogP contribution in [-0.4, -0.2) is 49.5 Å². The van der Waals surface area contributed by atoms with Crippen molar-refractivity contribution in [3.8, 4) is 0 Å². The van der Waals surface area contributed by atoms with Gasteiger partial charge >= 0.3 is 0 Å². The molecule has 0 aliphatic rings. The molecule has 1 N–H and O–H groups in total. The number of halogens is 2. The summed E-state index contributed by atoms with van der Waals surface area (Å²) in [5.41, 5.74) is 1.38. The Morgan fingerprint density at radius 1 is 1.06 bits per heavy atom. The fraction of sp³-hybridized carbons (Fsp3) is 0.417. The van der Waals surface area contributed by atoms with Crippen molar-refractivity contribution in [3.63, 3.8) is 0 Å². The molecule has 0 aliphatic carbocycles. The smallest absolute Gasteiger partial charge is 0.244 e. The molecule has 7 nitrogen and oxygen atoms in total. The van der Waals surface area contributed by atoms with Gasteiger partial charge in [0, 0.05) is 22.1 Å². The maximum atomic E-state index is 13.5. The van der Waals surface area contributed by atoms with Crippen molar-refractivity contribution in [2.45, 2.75) is 52.7 Å². The molecule has 0 fully saturated rings. The van der Waals surface area contributed by atoms with E-state index in [4.69, 9.17) is 23.2 Å². The molecule has 0 radical (unpaired) electrons. The summed E-state index contributed by atoms with van der Waals surface area (Å²) in [5, 5.41) is 3.64. The van der Waals surface area contributed by atoms with Gasteiger partial charge in [-0.3, -0.25) is 13.9 Å². The molecule has 0 saturated heterocycles. The van der Waals surface area contributed by atoms with Gasteiger partial charge in [-0.15, -0.1) is 0 Å². The summed E-state index contributed by atoms with van der Waals surface area (Å²) < 4.78 is 26.1. The summed E-state index contributed by atoms with van der Waals surface area (Å²) in [6.45, 7) is 8.51. The largest absolute Gasteiger partial charge is 0.350 e. The highest BCUT2D eigenvalue weighted by Crippen LogP contribution is 2.24. The van der Waals surface area contributed by atoms with Crippen LogP contribution in [0.3, 0.4) is 0 Å². The first kappa shape index (κ1) is 28.0. The summed E-state index contributed by atoms with van der Waals surface area (Å²) in [7, 11) is -3.78. The van der Waals surface area contributed by atoms with Crippen LogP contribution < -0.4 is 9.62 Å². The first-order valence-corrected chi connectivity index (χ1v) is 13.3. The Hall–Kier alpha value is -2.29. The number of nitrogens with one attached hydrogen (secondary N) is 1. The van der Waals surface area contributed by atoms with Crippen LogP contribution in [0.1, 0.15) is 38.8 Å². The minimum Gasteiger partial charge on any atom is -0.350 e. The van der Waals surface area contributed by atoms with Gasteiger partial charge in [-0.1, -0.05) is 47.0 Å². The van der Waals surface area contributed by atoms with Crippen molar-refractivity contribution in [2.24, 2.45) is 0 Å². The third kappa shape index (κ3) is 7.89. The van der Waals surface area contributed by atoms with E-state index in [0.29, 0.717) is 21.3 Å². The van der Waals surface area contributed by atoms with E-state index in [1.807, 2.05) is 27.7 Å². The van der Waals surface area contributed by atoms with Gasteiger partial charge in [0.15, 0.2) is 0 Å². The second-order valence-corrected chi connectivity index (χ2v) is 12.0. The van der Waals surface area contributed by atoms with Crippen molar-refractivity contribution in [1.29, 1.82) is 0 Å². The zero-order valence-electron chi connectivity index (χ0n) is 20.2. The zero-order valence-corrected chi connectivity index (χ0v) is 22.6. The molecule has 0 aromatic heterocycles. The molecule has 2 aromatic carbocycles. The standard InChI is InChI=1S/C24H31Cl2N3O4S/c1-16-7-11-20(12-8-16)29(34(6,32)33)15-22(30)28(17(2)23(31)27-24(3,4)5)14-18-9-10-19(25)13-21(18)26/h7-13,17H,14-15H2,1-6H3,(H,27,31)/t17-/m0/s1. The van der Waals surface area contributed by atoms with Crippen molar-refractivity contribution >= 4 is 50.7 Å². The molecule has 1 atom stereocenters. The molecule has 2 rings (SSSR count). The number of hydrogen-bond donors (Lipinski definition) is 1. The van der Waals surface area contributed by atoms with E-state index in [-0.39, 0.29) is 12.5 Å². The third-order valence-corrected chi connectivity index (χ3v) is 6.75. The number of amides is 2. The fourth-order valence-electron chi connectivity index (χ4n) is 3.21. The Morgan fingerprint density at radius 2 is 1.65 bits per heavy atom. The lowest BCUT2D eigenvalue weighted by Gasteiger charge is -2.33. The number of carbonyl (C=O) groups is 2. The van der Waals surface area contributed by atoms with Gasteiger partial charge in [0.05, 0.1) is 11.9 Å². The number of nitrogens with zero attached hydrogens (tertiary/aromatic N) is 2. The minimum absolute atomic E-state index is 0.000928. The molecular weight excluding hydrogens is 497 g/mol. The first-order chi connectivity index (χ1) is 15.6. The molecule has 0 saturated carbocycles. The van der Waals surface area contributed by atoms with Crippen LogP contribution in [0.4, 0.5) is 5.69 Å². The number of carbonyl (C=O) groups excluding carboxylic acids is 2. The highest BCUT2D eigenvalue weighted by Gasteiger charge is 2.31. The van der Waals surface area contributed by atoms with E-state index in [2.05, 4.69) is 5.32 Å². The van der Waals surface area contributed by atoms with Crippen LogP contribution in [-0.2, 0) is 26.2 Å². The number of aryl methyl sites for hydroxylation is 1. The summed E-state index contributed by atoms with van der Waals surface area (Å²) in [4.78, 5) is 27.8. The van der Waals surface area contributed by atoms with Gasteiger partial charge in [0.25, 0.3) is 0 Å². The SMILES string of the molecule is Cc1ccc(N(CC(=O)N(Cc2ccc(Cl)cc2Cl)[C@@H](C)C(=O)NC(C)(C)C)S(C)(=O)=O)cc1. The van der Waals surface area contributed by atoms with E-state index >= 15 is 0 Å². The van der Waals surface area contributed by atoms with Crippen molar-refractivity contribution in [3.05, 3.63) is 63.6 Å². The molecule has 0 spiro atoms.